The van der Waals surface area contributed by atoms with E-state index in [0.717, 1.165) is 16.9 Å². The van der Waals surface area contributed by atoms with Gasteiger partial charge < -0.3 is 10.6 Å². The molecule has 1 heterocycles. The van der Waals surface area contributed by atoms with Crippen molar-refractivity contribution in [1.29, 1.82) is 5.41 Å². The lowest BCUT2D eigenvalue weighted by molar-refractivity contribution is 0.888. The number of amidine groups is 1. The van der Waals surface area contributed by atoms with Crippen molar-refractivity contribution in [1.82, 2.24) is 4.98 Å². The maximum atomic E-state index is 7.58. The van der Waals surface area contributed by atoms with Crippen LogP contribution in [0, 0.1) is 12.3 Å². The van der Waals surface area contributed by atoms with E-state index >= 15 is 0 Å². The second kappa shape index (κ2) is 3.53. The molecular formula is C11H16N4. The van der Waals surface area contributed by atoms with Crippen molar-refractivity contribution in [2.24, 2.45) is 5.73 Å². The number of rotatable bonds is 3. The van der Waals surface area contributed by atoms with Crippen LogP contribution in [0.5, 0.6) is 0 Å². The summed E-state index contributed by atoms with van der Waals surface area (Å²) in [5, 5.41) is 7.58. The second-order valence-corrected chi connectivity index (χ2v) is 4.08. The normalized spacial score (nSPS) is 15.1. The van der Waals surface area contributed by atoms with Crippen LogP contribution in [0.1, 0.15) is 24.0 Å². The lowest BCUT2D eigenvalue weighted by atomic mass is 10.1. The summed E-state index contributed by atoms with van der Waals surface area (Å²) in [4.78, 5) is 6.46. The second-order valence-electron chi connectivity index (χ2n) is 4.08. The quantitative estimate of drug-likeness (QED) is 0.575. The van der Waals surface area contributed by atoms with E-state index in [0.29, 0.717) is 6.04 Å². The van der Waals surface area contributed by atoms with Gasteiger partial charge in [0.15, 0.2) is 0 Å². The molecule has 0 spiro atoms. The predicted molar refractivity (Wildman–Crippen MR) is 61.4 cm³/mol. The Labute approximate surface area is 89.6 Å². The number of nitrogen functional groups attached to an aromatic ring is 1. The van der Waals surface area contributed by atoms with Crippen molar-refractivity contribution >= 4 is 11.7 Å². The molecule has 0 amide bonds. The van der Waals surface area contributed by atoms with E-state index in [1.165, 1.54) is 12.8 Å². The topological polar surface area (TPSA) is 66.0 Å². The highest BCUT2D eigenvalue weighted by molar-refractivity contribution is 6.01. The van der Waals surface area contributed by atoms with Gasteiger partial charge in [-0.2, -0.15) is 0 Å². The van der Waals surface area contributed by atoms with Gasteiger partial charge in [-0.25, -0.2) is 4.98 Å². The SMILES string of the molecule is Cc1ccnc(N(C)C2CC2)c1C(=N)N. The molecular weight excluding hydrogens is 188 g/mol. The Kier molecular flexibility index (Phi) is 2.34. The molecule has 80 valence electrons. The monoisotopic (exact) mass is 204 g/mol. The van der Waals surface area contributed by atoms with Crippen LogP contribution in [-0.2, 0) is 0 Å². The third-order valence-electron chi connectivity index (χ3n) is 2.84. The first-order valence-corrected chi connectivity index (χ1v) is 5.14. The highest BCUT2D eigenvalue weighted by atomic mass is 15.2. The van der Waals surface area contributed by atoms with E-state index in [4.69, 9.17) is 11.1 Å². The zero-order chi connectivity index (χ0) is 11.0. The number of hydrogen-bond acceptors (Lipinski definition) is 3. The van der Waals surface area contributed by atoms with Gasteiger partial charge in [-0.15, -0.1) is 0 Å². The van der Waals surface area contributed by atoms with Crippen LogP contribution >= 0.6 is 0 Å². The molecule has 4 nitrogen and oxygen atoms in total. The molecule has 0 bridgehead atoms. The van der Waals surface area contributed by atoms with E-state index in [1.54, 1.807) is 6.20 Å². The number of hydrogen-bond donors (Lipinski definition) is 2. The predicted octanol–water partition coefficient (Wildman–Crippen LogP) is 1.27. The Morgan fingerprint density at radius 3 is 2.80 bits per heavy atom. The molecule has 15 heavy (non-hydrogen) atoms. The molecule has 0 atom stereocenters. The average molecular weight is 204 g/mol. The van der Waals surface area contributed by atoms with E-state index in [1.807, 2.05) is 20.0 Å². The maximum absolute atomic E-state index is 7.58. The molecule has 0 aromatic carbocycles. The fraction of sp³-hybridized carbons (Fsp3) is 0.455. The van der Waals surface area contributed by atoms with Crippen molar-refractivity contribution in [3.05, 3.63) is 23.4 Å². The van der Waals surface area contributed by atoms with Gasteiger partial charge in [0.05, 0.1) is 5.56 Å². The molecule has 0 unspecified atom stereocenters. The maximum Gasteiger partial charge on any atom is 0.139 e. The summed E-state index contributed by atoms with van der Waals surface area (Å²) in [6.45, 7) is 1.96. The third-order valence-corrected chi connectivity index (χ3v) is 2.84. The van der Waals surface area contributed by atoms with Gasteiger partial charge >= 0.3 is 0 Å². The van der Waals surface area contributed by atoms with Crippen molar-refractivity contribution in [3.63, 3.8) is 0 Å². The van der Waals surface area contributed by atoms with Crippen LogP contribution in [0.2, 0.25) is 0 Å². The molecule has 3 N–H and O–H groups in total. The van der Waals surface area contributed by atoms with E-state index < -0.39 is 0 Å². The number of nitrogens with one attached hydrogen (secondary N) is 1. The van der Waals surface area contributed by atoms with E-state index in [2.05, 4.69) is 9.88 Å². The number of nitrogens with two attached hydrogens (primary N) is 1. The van der Waals surface area contributed by atoms with Gasteiger partial charge in [0.1, 0.15) is 11.7 Å². The summed E-state index contributed by atoms with van der Waals surface area (Å²) >= 11 is 0. The summed E-state index contributed by atoms with van der Waals surface area (Å²) < 4.78 is 0. The highest BCUT2D eigenvalue weighted by Crippen LogP contribution is 2.31. The van der Waals surface area contributed by atoms with Gasteiger partial charge in [-0.05, 0) is 31.4 Å². The van der Waals surface area contributed by atoms with E-state index in [-0.39, 0.29) is 5.84 Å². The molecule has 0 radical (unpaired) electrons. The third kappa shape index (κ3) is 1.79. The van der Waals surface area contributed by atoms with Crippen molar-refractivity contribution in [3.8, 4) is 0 Å². The fourth-order valence-corrected chi connectivity index (χ4v) is 1.78. The fourth-order valence-electron chi connectivity index (χ4n) is 1.78. The molecule has 1 saturated carbocycles. The largest absolute Gasteiger partial charge is 0.384 e. The van der Waals surface area contributed by atoms with Gasteiger partial charge in [-0.1, -0.05) is 0 Å². The van der Waals surface area contributed by atoms with Crippen LogP contribution in [0.4, 0.5) is 5.82 Å². The minimum atomic E-state index is 0.100. The molecule has 1 aliphatic rings. The Balaban J connectivity index is 2.44. The smallest absolute Gasteiger partial charge is 0.139 e. The van der Waals surface area contributed by atoms with Crippen LogP contribution in [0.3, 0.4) is 0 Å². The minimum Gasteiger partial charge on any atom is -0.384 e. The average Bonchev–Trinajstić information content (AvgIpc) is 2.98. The zero-order valence-corrected chi connectivity index (χ0v) is 9.12. The molecule has 2 rings (SSSR count). The van der Waals surface area contributed by atoms with Crippen molar-refractivity contribution < 1.29 is 0 Å². The summed E-state index contributed by atoms with van der Waals surface area (Å²) in [6, 6.07) is 2.47. The number of aryl methyl sites for hydroxylation is 1. The Bertz CT molecular complexity index is 396. The number of aromatic nitrogens is 1. The number of nitrogens with zero attached hydrogens (tertiary/aromatic N) is 2. The van der Waals surface area contributed by atoms with Gasteiger partial charge in [0, 0.05) is 19.3 Å². The van der Waals surface area contributed by atoms with Crippen LogP contribution in [0.15, 0.2) is 12.3 Å². The number of pyridine rings is 1. The molecule has 0 saturated heterocycles. The number of anilines is 1. The first kappa shape index (κ1) is 9.96. The van der Waals surface area contributed by atoms with Gasteiger partial charge in [0.25, 0.3) is 0 Å². The molecule has 1 aliphatic carbocycles. The Morgan fingerprint density at radius 1 is 1.60 bits per heavy atom. The summed E-state index contributed by atoms with van der Waals surface area (Å²) in [6.07, 6.45) is 4.20. The Hall–Kier alpha value is -1.58. The standard InChI is InChI=1S/C11H16N4/c1-7-5-6-14-11(9(7)10(12)13)15(2)8-3-4-8/h5-6,8H,3-4H2,1-2H3,(H3,12,13). The molecule has 0 aliphatic heterocycles. The summed E-state index contributed by atoms with van der Waals surface area (Å²) in [7, 11) is 2.02. The van der Waals surface area contributed by atoms with Crippen molar-refractivity contribution in [2.75, 3.05) is 11.9 Å². The molecule has 1 aromatic rings. The zero-order valence-electron chi connectivity index (χ0n) is 9.12. The van der Waals surface area contributed by atoms with Crippen LogP contribution in [0.25, 0.3) is 0 Å². The summed E-state index contributed by atoms with van der Waals surface area (Å²) in [5.74, 6) is 0.938. The summed E-state index contributed by atoms with van der Waals surface area (Å²) in [5.41, 5.74) is 7.37. The first-order chi connectivity index (χ1) is 7.11. The molecule has 1 fully saturated rings. The van der Waals surface area contributed by atoms with Crippen molar-refractivity contribution in [2.45, 2.75) is 25.8 Å². The molecule has 1 aromatic heterocycles. The lowest BCUT2D eigenvalue weighted by Gasteiger charge is -2.21. The van der Waals surface area contributed by atoms with Crippen LogP contribution in [-0.4, -0.2) is 23.9 Å². The van der Waals surface area contributed by atoms with Crippen LogP contribution < -0.4 is 10.6 Å². The van der Waals surface area contributed by atoms with E-state index in [9.17, 15) is 0 Å². The minimum absolute atomic E-state index is 0.100. The lowest BCUT2D eigenvalue weighted by Crippen LogP contribution is -2.26. The first-order valence-electron chi connectivity index (χ1n) is 5.14. The highest BCUT2D eigenvalue weighted by Gasteiger charge is 2.29. The Morgan fingerprint density at radius 2 is 2.27 bits per heavy atom. The van der Waals surface area contributed by atoms with Gasteiger partial charge in [-0.3, -0.25) is 5.41 Å². The molecule has 4 heteroatoms. The van der Waals surface area contributed by atoms with Gasteiger partial charge in [0.2, 0.25) is 0 Å².